The number of nitrogens with zero attached hydrogens (tertiary/aromatic N) is 4. The lowest BCUT2D eigenvalue weighted by molar-refractivity contribution is 0.137. The van der Waals surface area contributed by atoms with Gasteiger partial charge in [0.15, 0.2) is 5.05 Å². The first-order valence-corrected chi connectivity index (χ1v) is 9.26. The highest BCUT2D eigenvalue weighted by Gasteiger charge is 2.32. The molecule has 0 spiro atoms. The predicted molar refractivity (Wildman–Crippen MR) is 109 cm³/mol. The fourth-order valence-electron chi connectivity index (χ4n) is 3.04. The molecule has 2 heterocycles. The Morgan fingerprint density at radius 1 is 1.50 bits per heavy atom. The molecule has 1 saturated heterocycles. The molecule has 0 aromatic heterocycles. The molecule has 3 rings (SSSR count). The number of thiocarbonyl (C=S) groups is 1. The van der Waals surface area contributed by atoms with Crippen LogP contribution in [0.15, 0.2) is 23.3 Å². The molecule has 0 unspecified atom stereocenters. The summed E-state index contributed by atoms with van der Waals surface area (Å²) < 4.78 is 25.0. The summed E-state index contributed by atoms with van der Waals surface area (Å²) >= 11 is 5.00. The predicted octanol–water partition coefficient (Wildman–Crippen LogP) is 2.60. The fourth-order valence-corrected chi connectivity index (χ4v) is 3.16. The molecule has 0 bridgehead atoms. The fraction of sp³-hybridized carbons (Fsp3) is 0.421. The number of hydrazone groups is 1. The van der Waals surface area contributed by atoms with Crippen molar-refractivity contribution in [2.24, 2.45) is 5.10 Å². The molecular weight excluding hydrogens is 383 g/mol. The molecule has 2 aliphatic rings. The van der Waals surface area contributed by atoms with Crippen molar-refractivity contribution in [2.45, 2.75) is 18.9 Å². The maximum atomic E-state index is 14.7. The van der Waals surface area contributed by atoms with Crippen LogP contribution in [-0.2, 0) is 9.47 Å². The Morgan fingerprint density at radius 2 is 2.32 bits per heavy atom. The van der Waals surface area contributed by atoms with Crippen molar-refractivity contribution in [3.05, 3.63) is 24.0 Å². The van der Waals surface area contributed by atoms with Gasteiger partial charge in [0.05, 0.1) is 38.1 Å². The Bertz CT molecular complexity index is 826. The molecule has 148 valence electrons. The molecule has 28 heavy (non-hydrogen) atoms. The number of carbonyl (C=O) groups excluding carboxylic acids is 1. The second-order valence-corrected chi connectivity index (χ2v) is 6.84. The summed E-state index contributed by atoms with van der Waals surface area (Å²) in [6, 6.07) is 4.66. The quantitative estimate of drug-likeness (QED) is 0.537. The Labute approximate surface area is 168 Å². The minimum atomic E-state index is -0.495. The normalized spacial score (nSPS) is 18.8. The van der Waals surface area contributed by atoms with Gasteiger partial charge in [-0.2, -0.15) is 5.10 Å². The molecule has 1 amide bonds. The number of halogens is 1. The van der Waals surface area contributed by atoms with Crippen LogP contribution in [0.5, 0.6) is 0 Å². The summed E-state index contributed by atoms with van der Waals surface area (Å²) in [6.45, 7) is 1.93. The summed E-state index contributed by atoms with van der Waals surface area (Å²) in [5, 5.41) is 6.40. The van der Waals surface area contributed by atoms with Crippen LogP contribution in [0.4, 0.5) is 20.6 Å². The molecule has 0 aliphatic carbocycles. The van der Waals surface area contributed by atoms with Gasteiger partial charge in [-0.25, -0.2) is 9.18 Å². The average Bonchev–Trinajstić information content (AvgIpc) is 3.07. The van der Waals surface area contributed by atoms with Crippen molar-refractivity contribution in [1.29, 1.82) is 0 Å². The van der Waals surface area contributed by atoms with Gasteiger partial charge >= 0.3 is 6.09 Å². The summed E-state index contributed by atoms with van der Waals surface area (Å²) in [5.41, 5.74) is 0.841. The number of carbonyl (C=O) groups is 1. The third-order valence-corrected chi connectivity index (χ3v) is 4.92. The molecule has 1 atom stereocenters. The van der Waals surface area contributed by atoms with Crippen molar-refractivity contribution in [1.82, 2.24) is 5.01 Å². The van der Waals surface area contributed by atoms with E-state index in [1.54, 1.807) is 28.4 Å². The molecule has 2 aliphatic heterocycles. The molecule has 7 nitrogen and oxygen atoms in total. The molecule has 9 heteroatoms. The number of rotatable bonds is 6. The lowest BCUT2D eigenvalue weighted by Gasteiger charge is -2.29. The smallest absolute Gasteiger partial charge is 0.414 e. The third kappa shape index (κ3) is 4.51. The second kappa shape index (κ2) is 8.89. The van der Waals surface area contributed by atoms with Crippen LogP contribution in [-0.4, -0.2) is 61.9 Å². The maximum Gasteiger partial charge on any atom is 0.414 e. The van der Waals surface area contributed by atoms with E-state index < -0.39 is 11.9 Å². The first-order chi connectivity index (χ1) is 13.5. The number of ether oxygens (including phenoxy) is 2. The van der Waals surface area contributed by atoms with Crippen molar-refractivity contribution >= 4 is 41.1 Å². The number of amides is 1. The summed E-state index contributed by atoms with van der Waals surface area (Å²) in [5.74, 6) is 2.09. The highest BCUT2D eigenvalue weighted by molar-refractivity contribution is 7.80. The van der Waals surface area contributed by atoms with Crippen LogP contribution in [0.25, 0.3) is 0 Å². The van der Waals surface area contributed by atoms with Gasteiger partial charge in [-0.15, -0.1) is 6.42 Å². The van der Waals surface area contributed by atoms with Gasteiger partial charge in [0, 0.05) is 13.0 Å². The highest BCUT2D eigenvalue weighted by Crippen LogP contribution is 2.29. The van der Waals surface area contributed by atoms with Crippen LogP contribution >= 0.6 is 12.2 Å². The monoisotopic (exact) mass is 404 g/mol. The second-order valence-electron chi connectivity index (χ2n) is 6.38. The highest BCUT2D eigenvalue weighted by atomic mass is 32.1. The summed E-state index contributed by atoms with van der Waals surface area (Å²) in [6.07, 6.45) is 7.11. The van der Waals surface area contributed by atoms with Gasteiger partial charge in [-0.3, -0.25) is 9.91 Å². The van der Waals surface area contributed by atoms with Gasteiger partial charge < -0.3 is 14.4 Å². The number of hydrogen-bond acceptors (Lipinski definition) is 7. The van der Waals surface area contributed by atoms with Gasteiger partial charge in [-0.1, -0.05) is 5.92 Å². The zero-order chi connectivity index (χ0) is 20.1. The maximum absolute atomic E-state index is 14.7. The summed E-state index contributed by atoms with van der Waals surface area (Å²) in [7, 11) is 1.51. The van der Waals surface area contributed by atoms with Crippen LogP contribution in [0.2, 0.25) is 0 Å². The molecular formula is C19H21FN4O3S. The lowest BCUT2D eigenvalue weighted by atomic mass is 10.2. The van der Waals surface area contributed by atoms with E-state index >= 15 is 0 Å². The van der Waals surface area contributed by atoms with E-state index in [0.29, 0.717) is 55.4 Å². The third-order valence-electron chi connectivity index (χ3n) is 4.55. The van der Waals surface area contributed by atoms with E-state index in [1.807, 2.05) is 0 Å². The van der Waals surface area contributed by atoms with E-state index in [2.05, 4.69) is 11.0 Å². The van der Waals surface area contributed by atoms with E-state index in [0.717, 1.165) is 0 Å². The van der Waals surface area contributed by atoms with Crippen molar-refractivity contribution < 1.29 is 18.7 Å². The molecule has 1 aromatic carbocycles. The van der Waals surface area contributed by atoms with Gasteiger partial charge in [-0.05, 0) is 36.8 Å². The Balaban J connectivity index is 1.66. The lowest BCUT2D eigenvalue weighted by Crippen LogP contribution is -2.38. The standard InChI is InChI=1S/C19H21FN4O3S/c1-3-8-23-10-9-22(13-21-23)17-6-4-14(11-16(17)20)24-12-15(27-19(24)25)5-7-18(28)26-2/h1,4,6,11,13,15H,5,7-10,12H2,2H3/t15-/m0/s1. The number of hydrogen-bond donors (Lipinski definition) is 0. The Morgan fingerprint density at radius 3 is 2.96 bits per heavy atom. The zero-order valence-corrected chi connectivity index (χ0v) is 16.3. The molecule has 1 aromatic rings. The van der Waals surface area contributed by atoms with Crippen molar-refractivity contribution in [3.8, 4) is 12.3 Å². The summed E-state index contributed by atoms with van der Waals surface area (Å²) in [4.78, 5) is 15.3. The number of benzene rings is 1. The van der Waals surface area contributed by atoms with Crippen molar-refractivity contribution in [3.63, 3.8) is 0 Å². The topological polar surface area (TPSA) is 57.6 Å². The van der Waals surface area contributed by atoms with Crippen LogP contribution in [0.1, 0.15) is 12.8 Å². The minimum Gasteiger partial charge on any atom is -0.490 e. The molecule has 0 radical (unpaired) electrons. The average molecular weight is 404 g/mol. The first kappa shape index (κ1) is 19.9. The van der Waals surface area contributed by atoms with Gasteiger partial charge in [0.1, 0.15) is 18.3 Å². The van der Waals surface area contributed by atoms with Gasteiger partial charge in [0.25, 0.3) is 0 Å². The van der Waals surface area contributed by atoms with E-state index in [9.17, 15) is 9.18 Å². The number of terminal acetylenes is 1. The van der Waals surface area contributed by atoms with Gasteiger partial charge in [0.2, 0.25) is 0 Å². The minimum absolute atomic E-state index is 0.306. The van der Waals surface area contributed by atoms with Crippen molar-refractivity contribution in [2.75, 3.05) is 43.1 Å². The van der Waals surface area contributed by atoms with Crippen LogP contribution < -0.4 is 9.80 Å². The first-order valence-electron chi connectivity index (χ1n) is 8.85. The molecule has 0 N–H and O–H groups in total. The van der Waals surface area contributed by atoms with E-state index in [-0.39, 0.29) is 6.10 Å². The van der Waals surface area contributed by atoms with E-state index in [4.69, 9.17) is 28.1 Å². The van der Waals surface area contributed by atoms with E-state index in [1.165, 1.54) is 18.1 Å². The van der Waals surface area contributed by atoms with Crippen LogP contribution in [0, 0.1) is 18.2 Å². The largest absolute Gasteiger partial charge is 0.490 e. The van der Waals surface area contributed by atoms with Crippen LogP contribution in [0.3, 0.4) is 0 Å². The zero-order valence-electron chi connectivity index (χ0n) is 15.5. The number of cyclic esters (lactones) is 1. The SMILES string of the molecule is C#CCN1CCN(c2ccc(N3C[C@H](CCC(=S)OC)OC3=O)cc2F)C=N1. The molecule has 0 saturated carbocycles. The number of methoxy groups -OCH3 is 1. The Kier molecular flexibility index (Phi) is 6.31. The Hall–Kier alpha value is -2.86. The number of anilines is 2. The molecule has 1 fully saturated rings.